The molecule has 2 aliphatic rings. The van der Waals surface area contributed by atoms with Crippen LogP contribution in [0.25, 0.3) is 0 Å². The topological polar surface area (TPSA) is 24.5 Å². The molecule has 20 heavy (non-hydrogen) atoms. The molecule has 2 aliphatic heterocycles. The zero-order valence-corrected chi connectivity index (χ0v) is 14.0. The summed E-state index contributed by atoms with van der Waals surface area (Å²) in [6.45, 7) is 7.60. The Morgan fingerprint density at radius 1 is 1.45 bits per heavy atom. The first-order valence-corrected chi connectivity index (χ1v) is 8.35. The summed E-state index contributed by atoms with van der Waals surface area (Å²) in [6, 6.07) is 6.30. The van der Waals surface area contributed by atoms with E-state index in [1.54, 1.807) is 0 Å². The Balaban J connectivity index is 1.50. The van der Waals surface area contributed by atoms with E-state index in [0.29, 0.717) is 6.04 Å². The van der Waals surface area contributed by atoms with Crippen LogP contribution in [0, 0.1) is 11.8 Å². The van der Waals surface area contributed by atoms with E-state index in [1.807, 2.05) is 18.2 Å². The number of nitrogens with one attached hydrogen (secondary N) is 1. The number of hydrogen-bond acceptors (Lipinski definition) is 3. The van der Waals surface area contributed by atoms with Gasteiger partial charge in [-0.25, -0.2) is 0 Å². The molecule has 3 atom stereocenters. The lowest BCUT2D eigenvalue weighted by Gasteiger charge is -2.24. The summed E-state index contributed by atoms with van der Waals surface area (Å²) in [5.41, 5.74) is 0. The Morgan fingerprint density at radius 2 is 2.30 bits per heavy atom. The Bertz CT molecular complexity index is 485. The number of halogens is 2. The van der Waals surface area contributed by atoms with Crippen molar-refractivity contribution in [1.29, 1.82) is 0 Å². The van der Waals surface area contributed by atoms with Gasteiger partial charge in [0, 0.05) is 24.2 Å². The van der Waals surface area contributed by atoms with Crippen molar-refractivity contribution in [2.75, 3.05) is 32.8 Å². The zero-order chi connectivity index (χ0) is 14.1. The molecule has 1 aromatic carbocycles. The van der Waals surface area contributed by atoms with E-state index in [0.717, 1.165) is 40.2 Å². The van der Waals surface area contributed by atoms with Crippen molar-refractivity contribution in [3.63, 3.8) is 0 Å². The maximum Gasteiger partial charge on any atom is 0.133 e. The van der Waals surface area contributed by atoms with Crippen LogP contribution >= 0.6 is 27.5 Å². The van der Waals surface area contributed by atoms with Crippen LogP contribution < -0.4 is 10.1 Å². The molecule has 2 fully saturated rings. The molecule has 3 nitrogen and oxygen atoms in total. The molecular weight excluding hydrogens is 340 g/mol. The van der Waals surface area contributed by atoms with Crippen molar-refractivity contribution in [2.24, 2.45) is 11.8 Å². The van der Waals surface area contributed by atoms with Crippen LogP contribution in [0.4, 0.5) is 0 Å². The number of benzene rings is 1. The lowest BCUT2D eigenvalue weighted by atomic mass is 9.95. The van der Waals surface area contributed by atoms with Gasteiger partial charge < -0.3 is 10.1 Å². The Labute approximate surface area is 133 Å². The molecule has 0 amide bonds. The van der Waals surface area contributed by atoms with Crippen LogP contribution in [-0.4, -0.2) is 43.7 Å². The van der Waals surface area contributed by atoms with E-state index in [2.05, 4.69) is 33.1 Å². The van der Waals surface area contributed by atoms with Gasteiger partial charge in [0.05, 0.1) is 4.47 Å². The van der Waals surface area contributed by atoms with Gasteiger partial charge in [-0.15, -0.1) is 0 Å². The number of hydrogen-bond donors (Lipinski definition) is 1. The Kier molecular flexibility index (Phi) is 4.55. The highest BCUT2D eigenvalue weighted by Crippen LogP contribution is 2.32. The van der Waals surface area contributed by atoms with E-state index in [-0.39, 0.29) is 0 Å². The van der Waals surface area contributed by atoms with Gasteiger partial charge in [-0.05, 0) is 66.0 Å². The fraction of sp³-hybridized carbons (Fsp3) is 0.600. The highest BCUT2D eigenvalue weighted by molar-refractivity contribution is 9.10. The normalized spacial score (nSPS) is 29.6. The minimum absolute atomic E-state index is 0.659. The molecule has 3 rings (SSSR count). The third-order valence-electron chi connectivity index (χ3n) is 4.59. The molecule has 0 aromatic heterocycles. The van der Waals surface area contributed by atoms with Crippen molar-refractivity contribution >= 4 is 27.5 Å². The van der Waals surface area contributed by atoms with Crippen molar-refractivity contribution in [3.8, 4) is 5.75 Å². The molecule has 1 N–H and O–H groups in total. The average molecular weight is 360 g/mol. The molecular formula is C15H20BrClN2O. The molecule has 0 radical (unpaired) electrons. The predicted octanol–water partition coefficient (Wildman–Crippen LogP) is 3.02. The first kappa shape index (κ1) is 14.6. The van der Waals surface area contributed by atoms with Gasteiger partial charge >= 0.3 is 0 Å². The fourth-order valence-electron chi connectivity index (χ4n) is 3.42. The minimum atomic E-state index is 0.659. The number of ether oxygens (including phenoxy) is 1. The average Bonchev–Trinajstić information content (AvgIpc) is 2.97. The van der Waals surface area contributed by atoms with E-state index in [4.69, 9.17) is 16.3 Å². The number of fused-ring (bicyclic) bond motifs is 1. The number of rotatable bonds is 4. The van der Waals surface area contributed by atoms with E-state index >= 15 is 0 Å². The lowest BCUT2D eigenvalue weighted by Crippen LogP contribution is -2.36. The molecule has 110 valence electrons. The molecule has 2 heterocycles. The highest BCUT2D eigenvalue weighted by atomic mass is 79.9. The zero-order valence-electron chi connectivity index (χ0n) is 11.6. The van der Waals surface area contributed by atoms with Gasteiger partial charge in [-0.3, -0.25) is 4.90 Å². The van der Waals surface area contributed by atoms with Crippen LogP contribution in [0.5, 0.6) is 5.75 Å². The summed E-state index contributed by atoms with van der Waals surface area (Å²) >= 11 is 9.41. The van der Waals surface area contributed by atoms with Gasteiger partial charge in [0.2, 0.25) is 0 Å². The molecule has 1 aromatic rings. The molecule has 3 unspecified atom stereocenters. The van der Waals surface area contributed by atoms with E-state index < -0.39 is 0 Å². The van der Waals surface area contributed by atoms with Gasteiger partial charge in [0.15, 0.2) is 0 Å². The summed E-state index contributed by atoms with van der Waals surface area (Å²) in [7, 11) is 0. The van der Waals surface area contributed by atoms with E-state index in [9.17, 15) is 0 Å². The standard InChI is InChI=1S/C15H20BrClN2O/c1-10-13-8-18-7-11(13)9-19(10)4-5-20-15-3-2-12(17)6-14(15)16/h2-3,6,10-11,13,18H,4-5,7-9H2,1H3. The van der Waals surface area contributed by atoms with Gasteiger partial charge in [0.25, 0.3) is 0 Å². The second-order valence-electron chi connectivity index (χ2n) is 5.74. The molecule has 0 saturated carbocycles. The van der Waals surface area contributed by atoms with Crippen molar-refractivity contribution < 1.29 is 4.74 Å². The van der Waals surface area contributed by atoms with Crippen molar-refractivity contribution in [2.45, 2.75) is 13.0 Å². The SMILES string of the molecule is CC1C2CNCC2CN1CCOc1ccc(Cl)cc1Br. The van der Waals surface area contributed by atoms with Crippen molar-refractivity contribution in [3.05, 3.63) is 27.7 Å². The largest absolute Gasteiger partial charge is 0.491 e. The molecule has 2 saturated heterocycles. The van der Waals surface area contributed by atoms with Gasteiger partial charge in [0.1, 0.15) is 12.4 Å². The second-order valence-corrected chi connectivity index (χ2v) is 7.03. The van der Waals surface area contributed by atoms with Crippen LogP contribution in [0.2, 0.25) is 5.02 Å². The van der Waals surface area contributed by atoms with Crippen LogP contribution in [0.1, 0.15) is 6.92 Å². The first-order chi connectivity index (χ1) is 9.65. The Morgan fingerprint density at radius 3 is 3.05 bits per heavy atom. The molecule has 0 bridgehead atoms. The number of likely N-dealkylation sites (tertiary alicyclic amines) is 1. The Hall–Kier alpha value is -0.290. The molecule has 0 aliphatic carbocycles. The lowest BCUT2D eigenvalue weighted by molar-refractivity contribution is 0.188. The quantitative estimate of drug-likeness (QED) is 0.894. The monoisotopic (exact) mass is 358 g/mol. The summed E-state index contributed by atoms with van der Waals surface area (Å²) in [5.74, 6) is 2.51. The molecule has 0 spiro atoms. The predicted molar refractivity (Wildman–Crippen MR) is 85.5 cm³/mol. The third kappa shape index (κ3) is 2.98. The highest BCUT2D eigenvalue weighted by Gasteiger charge is 2.41. The summed E-state index contributed by atoms with van der Waals surface area (Å²) < 4.78 is 6.78. The van der Waals surface area contributed by atoms with Gasteiger partial charge in [-0.1, -0.05) is 11.6 Å². The second kappa shape index (κ2) is 6.22. The summed E-state index contributed by atoms with van der Waals surface area (Å²) in [6.07, 6.45) is 0. The maximum atomic E-state index is 5.93. The minimum Gasteiger partial charge on any atom is -0.491 e. The molecule has 5 heteroatoms. The summed E-state index contributed by atoms with van der Waals surface area (Å²) in [5, 5.41) is 4.21. The van der Waals surface area contributed by atoms with Crippen molar-refractivity contribution in [1.82, 2.24) is 10.2 Å². The first-order valence-electron chi connectivity index (χ1n) is 7.18. The van der Waals surface area contributed by atoms with E-state index in [1.165, 1.54) is 19.6 Å². The van der Waals surface area contributed by atoms with Crippen LogP contribution in [0.15, 0.2) is 22.7 Å². The summed E-state index contributed by atoms with van der Waals surface area (Å²) in [4.78, 5) is 2.56. The van der Waals surface area contributed by atoms with Crippen LogP contribution in [0.3, 0.4) is 0 Å². The number of nitrogens with zero attached hydrogens (tertiary/aromatic N) is 1. The maximum absolute atomic E-state index is 5.93. The fourth-order valence-corrected chi connectivity index (χ4v) is 4.21. The smallest absolute Gasteiger partial charge is 0.133 e. The van der Waals surface area contributed by atoms with Gasteiger partial charge in [-0.2, -0.15) is 0 Å². The van der Waals surface area contributed by atoms with Crippen LogP contribution in [-0.2, 0) is 0 Å². The third-order valence-corrected chi connectivity index (χ3v) is 5.44.